The molecular weight excluding hydrogens is 1020 g/mol. The topological polar surface area (TPSA) is 78.9 Å². The first-order valence-corrected chi connectivity index (χ1v) is 34.7. The van der Waals surface area contributed by atoms with Gasteiger partial charge in [0, 0.05) is 19.3 Å². The van der Waals surface area contributed by atoms with Crippen LogP contribution in [0.3, 0.4) is 0 Å². The predicted molar refractivity (Wildman–Crippen MR) is 362 cm³/mol. The van der Waals surface area contributed by atoms with Crippen LogP contribution in [0.1, 0.15) is 316 Å². The van der Waals surface area contributed by atoms with Crippen LogP contribution in [0.5, 0.6) is 0 Å². The minimum atomic E-state index is -0.789. The van der Waals surface area contributed by atoms with Gasteiger partial charge < -0.3 is 14.2 Å². The van der Waals surface area contributed by atoms with Gasteiger partial charge in [-0.1, -0.05) is 315 Å². The first-order valence-electron chi connectivity index (χ1n) is 34.7. The Morgan fingerprint density at radius 1 is 0.253 bits per heavy atom. The van der Waals surface area contributed by atoms with E-state index in [0.29, 0.717) is 19.3 Å². The molecule has 0 saturated carbocycles. The molecule has 83 heavy (non-hydrogen) atoms. The second-order valence-corrected chi connectivity index (χ2v) is 22.7. The number of carbonyl (C=O) groups is 3. The van der Waals surface area contributed by atoms with Crippen LogP contribution in [-0.2, 0) is 28.6 Å². The summed E-state index contributed by atoms with van der Waals surface area (Å²) in [4.78, 5) is 38.4. The lowest BCUT2D eigenvalue weighted by molar-refractivity contribution is -0.167. The van der Waals surface area contributed by atoms with E-state index in [1.807, 2.05) is 0 Å². The van der Waals surface area contributed by atoms with Crippen molar-refractivity contribution in [3.05, 3.63) is 134 Å². The lowest BCUT2D eigenvalue weighted by atomic mass is 10.0. The van der Waals surface area contributed by atoms with Crippen molar-refractivity contribution < 1.29 is 28.6 Å². The third-order valence-corrected chi connectivity index (χ3v) is 14.7. The van der Waals surface area contributed by atoms with Crippen LogP contribution in [0.4, 0.5) is 0 Å². The van der Waals surface area contributed by atoms with Crippen LogP contribution in [0, 0.1) is 0 Å². The van der Waals surface area contributed by atoms with E-state index in [2.05, 4.69) is 154 Å². The first-order chi connectivity index (χ1) is 41.0. The molecule has 0 radical (unpaired) electrons. The van der Waals surface area contributed by atoms with E-state index in [0.717, 1.165) is 135 Å². The number of hydrogen-bond acceptors (Lipinski definition) is 6. The maximum atomic E-state index is 13.0. The number of unbranched alkanes of at least 4 members (excludes halogenated alkanes) is 29. The molecule has 0 aromatic carbocycles. The highest BCUT2D eigenvalue weighted by Gasteiger charge is 2.19. The van der Waals surface area contributed by atoms with Gasteiger partial charge in [-0.15, -0.1) is 0 Å². The Hall–Kier alpha value is -4.45. The Labute approximate surface area is 513 Å². The fourth-order valence-corrected chi connectivity index (χ4v) is 9.53. The summed E-state index contributed by atoms with van der Waals surface area (Å²) in [5, 5.41) is 0. The third kappa shape index (κ3) is 68.2. The van der Waals surface area contributed by atoms with Crippen LogP contribution in [0.2, 0.25) is 0 Å². The normalized spacial score (nSPS) is 13.0. The molecule has 0 aromatic heterocycles. The maximum Gasteiger partial charge on any atom is 0.306 e. The van der Waals surface area contributed by atoms with E-state index < -0.39 is 6.10 Å². The number of hydrogen-bond donors (Lipinski definition) is 0. The molecule has 0 N–H and O–H groups in total. The highest BCUT2D eigenvalue weighted by molar-refractivity contribution is 5.71. The Balaban J connectivity index is 4.35. The largest absolute Gasteiger partial charge is 0.462 e. The van der Waals surface area contributed by atoms with E-state index in [4.69, 9.17) is 14.2 Å². The molecular formula is C77H128O6. The zero-order valence-corrected chi connectivity index (χ0v) is 54.2. The quantitative estimate of drug-likeness (QED) is 0.0261. The standard InChI is InChI=1S/C77H128O6/c1-4-7-10-13-16-19-22-25-27-29-31-33-35-36-37-38-39-40-42-43-45-47-49-52-55-58-61-64-67-70-76(79)82-73-74(72-81-75(78)69-66-63-60-57-54-51-24-21-18-15-12-9-6-3)83-77(80)71-68-65-62-59-56-53-50-48-46-44-41-34-32-30-28-26-23-20-17-14-11-8-5-2/h7-8,10-11,16-17,19-20,25-28,31-34,36-37,39-40,43,45,74H,4-6,9,12-15,18,21-24,29-30,35,38,41-42,44,46-73H2,1-3H3/b10-7-,11-8-,19-16-,20-17-,27-25-,28-26-,33-31-,34-32-,37-36-,40-39-,45-43-. The second kappa shape index (κ2) is 70.0. The van der Waals surface area contributed by atoms with Gasteiger partial charge in [-0.2, -0.15) is 0 Å². The maximum absolute atomic E-state index is 13.0. The Bertz CT molecular complexity index is 1750. The number of esters is 3. The average molecular weight is 1150 g/mol. The van der Waals surface area contributed by atoms with Gasteiger partial charge in [-0.05, 0) is 116 Å². The molecule has 0 amide bonds. The van der Waals surface area contributed by atoms with E-state index in [1.165, 1.54) is 141 Å². The summed E-state index contributed by atoms with van der Waals surface area (Å²) in [6, 6.07) is 0. The van der Waals surface area contributed by atoms with Crippen LogP contribution < -0.4 is 0 Å². The summed E-state index contributed by atoms with van der Waals surface area (Å²) in [7, 11) is 0. The molecule has 0 aromatic rings. The van der Waals surface area contributed by atoms with Crippen molar-refractivity contribution in [2.45, 2.75) is 322 Å². The van der Waals surface area contributed by atoms with Crippen molar-refractivity contribution in [3.63, 3.8) is 0 Å². The summed E-state index contributed by atoms with van der Waals surface area (Å²) in [5.41, 5.74) is 0. The van der Waals surface area contributed by atoms with Crippen LogP contribution in [0.15, 0.2) is 134 Å². The number of allylic oxidation sites excluding steroid dienone is 22. The Morgan fingerprint density at radius 3 is 0.735 bits per heavy atom. The molecule has 472 valence electrons. The van der Waals surface area contributed by atoms with Gasteiger partial charge in [0.1, 0.15) is 13.2 Å². The summed E-state index contributed by atoms with van der Waals surface area (Å²) in [6.45, 7) is 6.43. The van der Waals surface area contributed by atoms with Gasteiger partial charge in [0.15, 0.2) is 6.10 Å². The molecule has 0 aliphatic carbocycles. The van der Waals surface area contributed by atoms with Crippen molar-refractivity contribution in [2.24, 2.45) is 0 Å². The molecule has 1 atom stereocenters. The lowest BCUT2D eigenvalue weighted by Crippen LogP contribution is -2.30. The molecule has 6 heteroatoms. The van der Waals surface area contributed by atoms with E-state index in [-0.39, 0.29) is 31.1 Å². The Kier molecular flexibility index (Phi) is 66.3. The highest BCUT2D eigenvalue weighted by Crippen LogP contribution is 2.16. The molecule has 0 fully saturated rings. The van der Waals surface area contributed by atoms with E-state index >= 15 is 0 Å². The summed E-state index contributed by atoms with van der Waals surface area (Å²) in [5.74, 6) is -0.890. The third-order valence-electron chi connectivity index (χ3n) is 14.7. The summed E-state index contributed by atoms with van der Waals surface area (Å²) < 4.78 is 17.0. The number of carbonyl (C=O) groups excluding carboxylic acids is 3. The first kappa shape index (κ1) is 78.5. The van der Waals surface area contributed by atoms with E-state index in [9.17, 15) is 14.4 Å². The molecule has 6 nitrogen and oxygen atoms in total. The molecule has 0 heterocycles. The zero-order chi connectivity index (χ0) is 59.9. The predicted octanol–water partition coefficient (Wildman–Crippen LogP) is 24.1. The smallest absolute Gasteiger partial charge is 0.306 e. The second-order valence-electron chi connectivity index (χ2n) is 22.7. The summed E-state index contributed by atoms with van der Waals surface area (Å²) >= 11 is 0. The SMILES string of the molecule is CC/C=C\C/C=C\C/C=C\C/C=C\C/C=C\C/C=C\C/C=C\CCCCCCCCCC(=O)OCC(COC(=O)CCCCCCCCCCCCCCC)OC(=O)CCCCCCCCCCCC/C=C\C/C=C\C/C=C\C/C=C\CC. The van der Waals surface area contributed by atoms with Gasteiger partial charge in [-0.25, -0.2) is 0 Å². The number of rotatable bonds is 62. The average Bonchev–Trinajstić information content (AvgIpc) is 3.49. The van der Waals surface area contributed by atoms with Gasteiger partial charge in [0.2, 0.25) is 0 Å². The van der Waals surface area contributed by atoms with Gasteiger partial charge in [0.25, 0.3) is 0 Å². The summed E-state index contributed by atoms with van der Waals surface area (Å²) in [6.07, 6.45) is 98.9. The molecule has 0 saturated heterocycles. The highest BCUT2D eigenvalue weighted by atomic mass is 16.6. The monoisotopic (exact) mass is 1150 g/mol. The van der Waals surface area contributed by atoms with Crippen molar-refractivity contribution in [2.75, 3.05) is 13.2 Å². The molecule has 0 rings (SSSR count). The molecule has 1 unspecified atom stereocenters. The van der Waals surface area contributed by atoms with Crippen LogP contribution >= 0.6 is 0 Å². The van der Waals surface area contributed by atoms with Gasteiger partial charge >= 0.3 is 17.9 Å². The molecule has 0 aliphatic rings. The van der Waals surface area contributed by atoms with Crippen molar-refractivity contribution >= 4 is 17.9 Å². The van der Waals surface area contributed by atoms with Crippen molar-refractivity contribution in [1.29, 1.82) is 0 Å². The minimum absolute atomic E-state index is 0.0833. The number of ether oxygens (including phenoxy) is 3. The molecule has 0 spiro atoms. The van der Waals surface area contributed by atoms with Crippen LogP contribution in [-0.4, -0.2) is 37.2 Å². The van der Waals surface area contributed by atoms with Crippen molar-refractivity contribution in [3.8, 4) is 0 Å². The lowest BCUT2D eigenvalue weighted by Gasteiger charge is -2.18. The Morgan fingerprint density at radius 2 is 0.470 bits per heavy atom. The van der Waals surface area contributed by atoms with Crippen molar-refractivity contribution in [1.82, 2.24) is 0 Å². The fourth-order valence-electron chi connectivity index (χ4n) is 9.53. The van der Waals surface area contributed by atoms with Gasteiger partial charge in [0.05, 0.1) is 0 Å². The van der Waals surface area contributed by atoms with E-state index in [1.54, 1.807) is 0 Å². The fraction of sp³-hybridized carbons (Fsp3) is 0.675. The zero-order valence-electron chi connectivity index (χ0n) is 54.2. The van der Waals surface area contributed by atoms with Gasteiger partial charge in [-0.3, -0.25) is 14.4 Å². The molecule has 0 aliphatic heterocycles. The van der Waals surface area contributed by atoms with Crippen LogP contribution in [0.25, 0.3) is 0 Å². The molecule has 0 bridgehead atoms. The minimum Gasteiger partial charge on any atom is -0.462 e.